The fourth-order valence-electron chi connectivity index (χ4n) is 2.57. The third-order valence-corrected chi connectivity index (χ3v) is 4.09. The minimum Gasteiger partial charge on any atom is -0.479 e. The monoisotopic (exact) mass is 312 g/mol. The Labute approximate surface area is 127 Å². The van der Waals surface area contributed by atoms with Crippen LogP contribution in [-0.2, 0) is 16.0 Å². The van der Waals surface area contributed by atoms with Crippen LogP contribution in [0.25, 0.3) is 0 Å². The summed E-state index contributed by atoms with van der Waals surface area (Å²) in [6, 6.07) is 0. The summed E-state index contributed by atoms with van der Waals surface area (Å²) in [5, 5.41) is 11.5. The standard InChI is InChI=1S/C14H20N2O4S/c1-13(2,3)20-12(19)16-6-4-5-14(16,11(17)18)7-10-8-21-9-15-10/h8-9H,4-7H2,1-3H3,(H,17,18)/t14-/m1/s1. The highest BCUT2D eigenvalue weighted by atomic mass is 32.1. The van der Waals surface area contributed by atoms with Crippen molar-refractivity contribution in [3.05, 3.63) is 16.6 Å². The fourth-order valence-corrected chi connectivity index (χ4v) is 3.13. The van der Waals surface area contributed by atoms with Gasteiger partial charge in [0.25, 0.3) is 0 Å². The lowest BCUT2D eigenvalue weighted by Crippen LogP contribution is -2.55. The molecule has 1 fully saturated rings. The summed E-state index contributed by atoms with van der Waals surface area (Å²) in [7, 11) is 0. The first-order valence-electron chi connectivity index (χ1n) is 6.86. The summed E-state index contributed by atoms with van der Waals surface area (Å²) in [5.41, 5.74) is 0.455. The fraction of sp³-hybridized carbons (Fsp3) is 0.643. The Kier molecular flexibility index (Phi) is 4.22. The molecule has 1 aromatic heterocycles. The largest absolute Gasteiger partial charge is 0.479 e. The summed E-state index contributed by atoms with van der Waals surface area (Å²) < 4.78 is 5.35. The molecule has 1 saturated heterocycles. The minimum absolute atomic E-state index is 0.213. The maximum Gasteiger partial charge on any atom is 0.411 e. The molecule has 1 aliphatic heterocycles. The Morgan fingerprint density at radius 1 is 1.52 bits per heavy atom. The zero-order valence-electron chi connectivity index (χ0n) is 12.5. The van der Waals surface area contributed by atoms with E-state index in [0.29, 0.717) is 25.1 Å². The van der Waals surface area contributed by atoms with Crippen molar-refractivity contribution in [2.75, 3.05) is 6.54 Å². The van der Waals surface area contributed by atoms with Crippen LogP contribution < -0.4 is 0 Å². The minimum atomic E-state index is -1.25. The van der Waals surface area contributed by atoms with Crippen LogP contribution in [0.3, 0.4) is 0 Å². The maximum atomic E-state index is 12.3. The Morgan fingerprint density at radius 3 is 2.76 bits per heavy atom. The summed E-state index contributed by atoms with van der Waals surface area (Å²) in [6.45, 7) is 5.70. The number of carboxylic acids is 1. The predicted molar refractivity (Wildman–Crippen MR) is 78.4 cm³/mol. The van der Waals surface area contributed by atoms with Gasteiger partial charge < -0.3 is 9.84 Å². The first kappa shape index (κ1) is 15.8. The number of hydrogen-bond donors (Lipinski definition) is 1. The molecule has 0 spiro atoms. The lowest BCUT2D eigenvalue weighted by Gasteiger charge is -2.35. The van der Waals surface area contributed by atoms with Crippen molar-refractivity contribution in [2.24, 2.45) is 0 Å². The van der Waals surface area contributed by atoms with Crippen molar-refractivity contribution in [1.82, 2.24) is 9.88 Å². The van der Waals surface area contributed by atoms with E-state index < -0.39 is 23.2 Å². The number of aliphatic carboxylic acids is 1. The third kappa shape index (κ3) is 3.34. The number of thiazole rings is 1. The van der Waals surface area contributed by atoms with E-state index >= 15 is 0 Å². The van der Waals surface area contributed by atoms with Crippen LogP contribution in [0.15, 0.2) is 10.9 Å². The number of likely N-dealkylation sites (tertiary alicyclic amines) is 1. The van der Waals surface area contributed by atoms with Gasteiger partial charge in [0.15, 0.2) is 0 Å². The maximum absolute atomic E-state index is 12.3. The molecule has 1 atom stereocenters. The zero-order chi connectivity index (χ0) is 15.7. The van der Waals surface area contributed by atoms with Crippen molar-refractivity contribution < 1.29 is 19.4 Å². The van der Waals surface area contributed by atoms with Crippen molar-refractivity contribution in [3.8, 4) is 0 Å². The second kappa shape index (κ2) is 5.63. The van der Waals surface area contributed by atoms with E-state index in [1.807, 2.05) is 5.38 Å². The van der Waals surface area contributed by atoms with Gasteiger partial charge in [-0.05, 0) is 33.6 Å². The van der Waals surface area contributed by atoms with Crippen molar-refractivity contribution in [3.63, 3.8) is 0 Å². The van der Waals surface area contributed by atoms with E-state index in [0.717, 1.165) is 0 Å². The highest BCUT2D eigenvalue weighted by Gasteiger charge is 2.51. The molecule has 1 N–H and O–H groups in total. The molecule has 2 rings (SSSR count). The van der Waals surface area contributed by atoms with Gasteiger partial charge in [0.05, 0.1) is 11.2 Å². The molecule has 1 amide bonds. The highest BCUT2D eigenvalue weighted by molar-refractivity contribution is 7.07. The number of hydrogen-bond acceptors (Lipinski definition) is 5. The smallest absolute Gasteiger partial charge is 0.411 e. The van der Waals surface area contributed by atoms with Crippen molar-refractivity contribution in [2.45, 2.75) is 51.2 Å². The number of carboxylic acid groups (broad SMARTS) is 1. The molecule has 2 heterocycles. The molecule has 21 heavy (non-hydrogen) atoms. The summed E-state index contributed by atoms with van der Waals surface area (Å²) in [6.07, 6.45) is 0.706. The summed E-state index contributed by atoms with van der Waals surface area (Å²) in [4.78, 5) is 29.7. The van der Waals surface area contributed by atoms with Crippen LogP contribution >= 0.6 is 11.3 Å². The van der Waals surface area contributed by atoms with Crippen LogP contribution in [0.2, 0.25) is 0 Å². The SMILES string of the molecule is CC(C)(C)OC(=O)N1CCC[C@@]1(Cc1cscn1)C(=O)O. The number of amides is 1. The van der Waals surface area contributed by atoms with E-state index in [9.17, 15) is 14.7 Å². The molecule has 7 heteroatoms. The Balaban J connectivity index is 2.26. The van der Waals surface area contributed by atoms with Gasteiger partial charge in [-0.3, -0.25) is 4.90 Å². The van der Waals surface area contributed by atoms with Gasteiger partial charge in [0.1, 0.15) is 11.1 Å². The zero-order valence-corrected chi connectivity index (χ0v) is 13.3. The Hall–Kier alpha value is -1.63. The van der Waals surface area contributed by atoms with Crippen LogP contribution in [0.4, 0.5) is 4.79 Å². The lowest BCUT2D eigenvalue weighted by molar-refractivity contribution is -0.149. The Bertz CT molecular complexity index is 524. The predicted octanol–water partition coefficient (Wildman–Crippen LogP) is 2.54. The first-order chi connectivity index (χ1) is 9.74. The number of nitrogens with zero attached hydrogens (tertiary/aromatic N) is 2. The first-order valence-corrected chi connectivity index (χ1v) is 7.80. The number of aromatic nitrogens is 1. The molecule has 0 unspecified atom stereocenters. The summed E-state index contributed by atoms with van der Waals surface area (Å²) >= 11 is 1.41. The molecule has 0 radical (unpaired) electrons. The molecule has 116 valence electrons. The van der Waals surface area contributed by atoms with Gasteiger partial charge in [-0.1, -0.05) is 0 Å². The second-order valence-electron chi connectivity index (χ2n) is 6.23. The molecule has 0 aromatic carbocycles. The topological polar surface area (TPSA) is 79.7 Å². The average molecular weight is 312 g/mol. The molecule has 1 aliphatic rings. The van der Waals surface area contributed by atoms with E-state index in [2.05, 4.69) is 4.98 Å². The molecule has 0 saturated carbocycles. The van der Waals surface area contributed by atoms with Crippen LogP contribution in [0, 0.1) is 0 Å². The van der Waals surface area contributed by atoms with Gasteiger partial charge in [-0.25, -0.2) is 14.6 Å². The lowest BCUT2D eigenvalue weighted by atomic mass is 9.91. The van der Waals surface area contributed by atoms with Gasteiger partial charge in [0.2, 0.25) is 0 Å². The van der Waals surface area contributed by atoms with Crippen molar-refractivity contribution in [1.29, 1.82) is 0 Å². The van der Waals surface area contributed by atoms with E-state index in [4.69, 9.17) is 4.74 Å². The molecule has 1 aromatic rings. The molecule has 6 nitrogen and oxygen atoms in total. The van der Waals surface area contributed by atoms with Gasteiger partial charge in [-0.2, -0.15) is 0 Å². The average Bonchev–Trinajstić information content (AvgIpc) is 2.96. The third-order valence-electron chi connectivity index (χ3n) is 3.46. The van der Waals surface area contributed by atoms with Gasteiger partial charge in [0, 0.05) is 18.3 Å². The normalized spacial score (nSPS) is 22.3. The molecule has 0 aliphatic carbocycles. The molecular formula is C14H20N2O4S. The Morgan fingerprint density at radius 2 is 2.24 bits per heavy atom. The molecular weight excluding hydrogens is 292 g/mol. The number of ether oxygens (including phenoxy) is 1. The number of carbonyl (C=O) groups excluding carboxylic acids is 1. The quantitative estimate of drug-likeness (QED) is 0.927. The van der Waals surface area contributed by atoms with Crippen LogP contribution in [0.1, 0.15) is 39.3 Å². The van der Waals surface area contributed by atoms with Crippen molar-refractivity contribution >= 4 is 23.4 Å². The summed E-state index contributed by atoms with van der Waals surface area (Å²) in [5.74, 6) is -1.00. The second-order valence-corrected chi connectivity index (χ2v) is 6.95. The number of rotatable bonds is 3. The van der Waals surface area contributed by atoms with Crippen LogP contribution in [0.5, 0.6) is 0 Å². The van der Waals surface area contributed by atoms with Gasteiger partial charge >= 0.3 is 12.1 Å². The number of carbonyl (C=O) groups is 2. The molecule has 0 bridgehead atoms. The van der Waals surface area contributed by atoms with E-state index in [1.54, 1.807) is 26.3 Å². The van der Waals surface area contributed by atoms with Gasteiger partial charge in [-0.15, -0.1) is 11.3 Å². The van der Waals surface area contributed by atoms with E-state index in [-0.39, 0.29) is 6.42 Å². The van der Waals surface area contributed by atoms with E-state index in [1.165, 1.54) is 16.2 Å². The van der Waals surface area contributed by atoms with Crippen LogP contribution in [-0.4, -0.2) is 44.7 Å². The highest BCUT2D eigenvalue weighted by Crippen LogP contribution is 2.34.